The molecule has 7 nitrogen and oxygen atoms in total. The van der Waals surface area contributed by atoms with Gasteiger partial charge < -0.3 is 19.1 Å². The molecule has 2 aromatic rings. The van der Waals surface area contributed by atoms with Crippen molar-refractivity contribution in [1.29, 1.82) is 5.26 Å². The Balaban J connectivity index is 1.74. The fourth-order valence-electron chi connectivity index (χ4n) is 3.95. The lowest BCUT2D eigenvalue weighted by atomic mass is 9.94. The fraction of sp³-hybridized carbons (Fsp3) is 0.269. The number of carbonyl (C=O) groups excluding carboxylic acids is 1. The van der Waals surface area contributed by atoms with Crippen LogP contribution in [-0.4, -0.2) is 29.3 Å². The highest BCUT2D eigenvalue weighted by Gasteiger charge is 2.38. The number of aliphatic imine (C=N–C) groups is 1. The molecular formula is C26H24IN3O4S. The van der Waals surface area contributed by atoms with Crippen LogP contribution in [0.2, 0.25) is 0 Å². The third kappa shape index (κ3) is 5.18. The first-order chi connectivity index (χ1) is 17.0. The molecule has 4 rings (SSSR count). The first-order valence-corrected chi connectivity index (χ1v) is 13.1. The Bertz CT molecular complexity index is 1280. The van der Waals surface area contributed by atoms with Crippen LogP contribution in [0.5, 0.6) is 11.5 Å². The third-order valence-corrected chi connectivity index (χ3v) is 7.05. The highest BCUT2D eigenvalue weighted by molar-refractivity contribution is 14.1. The van der Waals surface area contributed by atoms with Gasteiger partial charge in [-0.1, -0.05) is 30.0 Å². The van der Waals surface area contributed by atoms with Crippen molar-refractivity contribution in [3.05, 3.63) is 79.5 Å². The van der Waals surface area contributed by atoms with E-state index in [0.717, 1.165) is 19.9 Å². The molecule has 0 bridgehead atoms. The van der Waals surface area contributed by atoms with E-state index >= 15 is 0 Å². The molecule has 0 amide bonds. The van der Waals surface area contributed by atoms with E-state index in [-0.39, 0.29) is 19.2 Å². The molecular weight excluding hydrogens is 577 g/mol. The second kappa shape index (κ2) is 11.2. The Hall–Kier alpha value is -2.97. The second-order valence-electron chi connectivity index (χ2n) is 7.65. The van der Waals surface area contributed by atoms with E-state index < -0.39 is 6.04 Å². The molecule has 0 unspecified atom stereocenters. The van der Waals surface area contributed by atoms with Crippen LogP contribution < -0.4 is 9.47 Å². The summed E-state index contributed by atoms with van der Waals surface area (Å²) < 4.78 is 18.4. The van der Waals surface area contributed by atoms with Gasteiger partial charge in [-0.25, -0.2) is 9.79 Å². The van der Waals surface area contributed by atoms with Gasteiger partial charge in [0.25, 0.3) is 0 Å². The predicted molar refractivity (Wildman–Crippen MR) is 144 cm³/mol. The van der Waals surface area contributed by atoms with Gasteiger partial charge in [0.1, 0.15) is 6.61 Å². The first kappa shape index (κ1) is 25.1. The Morgan fingerprint density at radius 1 is 1.23 bits per heavy atom. The molecule has 2 heterocycles. The molecule has 2 aromatic carbocycles. The summed E-state index contributed by atoms with van der Waals surface area (Å²) >= 11 is 3.73. The molecule has 2 aliphatic heterocycles. The molecule has 0 saturated heterocycles. The van der Waals surface area contributed by atoms with Gasteiger partial charge in [-0.05, 0) is 72.5 Å². The number of nitriles is 1. The lowest BCUT2D eigenvalue weighted by molar-refractivity contribution is -0.139. The van der Waals surface area contributed by atoms with Gasteiger partial charge in [0, 0.05) is 11.8 Å². The number of esters is 1. The fourth-order valence-corrected chi connectivity index (χ4v) is 5.52. The molecule has 0 aromatic heterocycles. The van der Waals surface area contributed by atoms with Crippen LogP contribution in [0.15, 0.2) is 64.3 Å². The minimum atomic E-state index is -0.408. The van der Waals surface area contributed by atoms with Gasteiger partial charge in [-0.3, -0.25) is 0 Å². The lowest BCUT2D eigenvalue weighted by Gasteiger charge is -2.33. The number of rotatable bonds is 8. The minimum absolute atomic E-state index is 0.234. The van der Waals surface area contributed by atoms with Crippen LogP contribution >= 0.6 is 34.4 Å². The number of halogens is 1. The van der Waals surface area contributed by atoms with Crippen LogP contribution in [0.25, 0.3) is 0 Å². The molecule has 180 valence electrons. The Morgan fingerprint density at radius 2 is 2.03 bits per heavy atom. The summed E-state index contributed by atoms with van der Waals surface area (Å²) in [7, 11) is 0. The van der Waals surface area contributed by atoms with Crippen LogP contribution in [0.4, 0.5) is 0 Å². The highest BCUT2D eigenvalue weighted by Crippen LogP contribution is 2.44. The summed E-state index contributed by atoms with van der Waals surface area (Å²) in [5.41, 5.74) is 3.37. The summed E-state index contributed by atoms with van der Waals surface area (Å²) in [5, 5.41) is 12.2. The minimum Gasteiger partial charge on any atom is -0.490 e. The van der Waals surface area contributed by atoms with Crippen molar-refractivity contribution < 1.29 is 19.0 Å². The number of ether oxygens (including phenoxy) is 3. The van der Waals surface area contributed by atoms with Crippen molar-refractivity contribution in [2.45, 2.75) is 33.4 Å². The zero-order valence-corrected chi connectivity index (χ0v) is 22.6. The number of amidine groups is 1. The van der Waals surface area contributed by atoms with E-state index in [0.29, 0.717) is 34.9 Å². The smallest absolute Gasteiger partial charge is 0.338 e. The van der Waals surface area contributed by atoms with Crippen molar-refractivity contribution in [2.24, 2.45) is 4.99 Å². The number of benzene rings is 2. The average molecular weight is 601 g/mol. The molecule has 1 atom stereocenters. The summed E-state index contributed by atoms with van der Waals surface area (Å²) in [6, 6.07) is 13.1. The molecule has 0 N–H and O–H groups in total. The number of hydrogen-bond donors (Lipinski definition) is 0. The average Bonchev–Trinajstić information content (AvgIpc) is 3.31. The quantitative estimate of drug-likeness (QED) is 0.275. The third-order valence-electron chi connectivity index (χ3n) is 5.47. The molecule has 0 saturated carbocycles. The van der Waals surface area contributed by atoms with Crippen molar-refractivity contribution >= 4 is 45.5 Å². The standard InChI is InChI=1S/C26H24IN3O4S/c1-4-32-21-13-19(12-20(27)24(21)34-15-18-9-7-6-8-17(18)14-28)23-22(25(31)33-5-2)16(3)29-26-30(23)10-11-35-26/h6-13,23H,4-5,15H2,1-3H3/t23-/m0/s1. The predicted octanol–water partition coefficient (Wildman–Crippen LogP) is 5.91. The monoisotopic (exact) mass is 601 g/mol. The number of carbonyl (C=O) groups is 1. The van der Waals surface area contributed by atoms with Crippen molar-refractivity contribution in [2.75, 3.05) is 13.2 Å². The number of thioether (sulfide) groups is 1. The molecule has 0 aliphatic carbocycles. The van der Waals surface area contributed by atoms with Gasteiger partial charge in [0.05, 0.1) is 45.7 Å². The Morgan fingerprint density at radius 3 is 2.77 bits per heavy atom. The maximum absolute atomic E-state index is 13.0. The number of hydrogen-bond acceptors (Lipinski definition) is 8. The summed E-state index contributed by atoms with van der Waals surface area (Å²) in [4.78, 5) is 19.6. The number of fused-ring (bicyclic) bond motifs is 1. The second-order valence-corrected chi connectivity index (χ2v) is 9.68. The van der Waals surface area contributed by atoms with E-state index in [1.54, 1.807) is 13.0 Å². The van der Waals surface area contributed by atoms with Crippen LogP contribution in [-0.2, 0) is 16.1 Å². The molecule has 0 spiro atoms. The van der Waals surface area contributed by atoms with Crippen LogP contribution in [0, 0.1) is 14.9 Å². The van der Waals surface area contributed by atoms with Gasteiger partial charge in [-0.2, -0.15) is 5.26 Å². The molecule has 0 fully saturated rings. The summed E-state index contributed by atoms with van der Waals surface area (Å²) in [6.07, 6.45) is 1.93. The zero-order valence-electron chi connectivity index (χ0n) is 19.6. The number of nitrogens with zero attached hydrogens (tertiary/aromatic N) is 3. The van der Waals surface area contributed by atoms with Crippen molar-refractivity contribution in [3.8, 4) is 17.6 Å². The number of allylic oxidation sites excluding steroid dienone is 1. The lowest BCUT2D eigenvalue weighted by Crippen LogP contribution is -2.34. The van der Waals surface area contributed by atoms with Crippen LogP contribution in [0.3, 0.4) is 0 Å². The molecule has 2 aliphatic rings. The highest BCUT2D eigenvalue weighted by atomic mass is 127. The Kier molecular flexibility index (Phi) is 8.03. The largest absolute Gasteiger partial charge is 0.490 e. The topological polar surface area (TPSA) is 84.1 Å². The molecule has 9 heteroatoms. The van der Waals surface area contributed by atoms with E-state index in [1.165, 1.54) is 11.8 Å². The van der Waals surface area contributed by atoms with E-state index in [1.807, 2.05) is 60.7 Å². The maximum atomic E-state index is 13.0. The maximum Gasteiger partial charge on any atom is 0.338 e. The zero-order chi connectivity index (χ0) is 24.9. The van der Waals surface area contributed by atoms with E-state index in [9.17, 15) is 10.1 Å². The molecule has 0 radical (unpaired) electrons. The molecule has 35 heavy (non-hydrogen) atoms. The normalized spacial score (nSPS) is 16.5. The van der Waals surface area contributed by atoms with Gasteiger partial charge >= 0.3 is 5.97 Å². The van der Waals surface area contributed by atoms with Crippen LogP contribution in [0.1, 0.15) is 43.5 Å². The first-order valence-electron chi connectivity index (χ1n) is 11.1. The van der Waals surface area contributed by atoms with E-state index in [2.05, 4.69) is 33.7 Å². The van der Waals surface area contributed by atoms with Gasteiger partial charge in [0.2, 0.25) is 0 Å². The summed E-state index contributed by atoms with van der Waals surface area (Å²) in [6.45, 7) is 6.49. The summed E-state index contributed by atoms with van der Waals surface area (Å²) in [5.74, 6) is 0.785. The van der Waals surface area contributed by atoms with Gasteiger partial charge in [0.15, 0.2) is 16.7 Å². The van der Waals surface area contributed by atoms with E-state index in [4.69, 9.17) is 14.2 Å². The Labute approximate surface area is 222 Å². The van der Waals surface area contributed by atoms with Crippen molar-refractivity contribution in [1.82, 2.24) is 4.90 Å². The SMILES string of the molecule is CCOC(=O)C1=C(C)N=C2SC=CN2[C@H]1c1cc(I)c(OCc2ccccc2C#N)c(OCC)c1. The van der Waals surface area contributed by atoms with Crippen molar-refractivity contribution in [3.63, 3.8) is 0 Å². The van der Waals surface area contributed by atoms with Gasteiger partial charge in [-0.15, -0.1) is 0 Å².